The number of halogens is 1. The summed E-state index contributed by atoms with van der Waals surface area (Å²) < 4.78 is 11.6. The predicted octanol–water partition coefficient (Wildman–Crippen LogP) is 4.06. The Labute approximate surface area is 281 Å². The average molecular weight is 705 g/mol. The highest BCUT2D eigenvalue weighted by atomic mass is 79.9. The number of phenolic OH excluding ortho intramolecular Hbond substituents is 1. The first-order valence-corrected chi connectivity index (χ1v) is 16.9. The van der Waals surface area contributed by atoms with Crippen molar-refractivity contribution in [2.75, 3.05) is 78.0 Å². The summed E-state index contributed by atoms with van der Waals surface area (Å²) in [5.74, 6) is 0.198. The summed E-state index contributed by atoms with van der Waals surface area (Å²) in [5, 5.41) is 15.9. The zero-order valence-electron chi connectivity index (χ0n) is 27.2. The van der Waals surface area contributed by atoms with E-state index in [-0.39, 0.29) is 18.6 Å². The molecule has 3 N–H and O–H groups in total. The van der Waals surface area contributed by atoms with Crippen LogP contribution in [0.4, 0.5) is 10.5 Å². The number of anilines is 1. The van der Waals surface area contributed by atoms with Crippen LogP contribution in [-0.2, 0) is 25.5 Å². The summed E-state index contributed by atoms with van der Waals surface area (Å²) in [6.45, 7) is 10.8. The molecule has 0 radical (unpaired) electrons. The Hall–Kier alpha value is -3.19. The minimum absolute atomic E-state index is 0.0941. The first kappa shape index (κ1) is 37.3. The van der Waals surface area contributed by atoms with Crippen LogP contribution in [0, 0.1) is 6.92 Å². The third-order valence-electron chi connectivity index (χ3n) is 8.66. The zero-order valence-corrected chi connectivity index (χ0v) is 28.8. The van der Waals surface area contributed by atoms with Crippen LogP contribution in [0.1, 0.15) is 36.8 Å². The molecular weight excluding hydrogens is 654 g/mol. The molecule has 0 saturated carbocycles. The van der Waals surface area contributed by atoms with Crippen LogP contribution in [0.25, 0.3) is 0 Å². The maximum Gasteiger partial charge on any atom is 0.410 e. The molecule has 3 fully saturated rings. The lowest BCUT2D eigenvalue weighted by atomic mass is 10.0. The quantitative estimate of drug-likeness (QED) is 0.374. The van der Waals surface area contributed by atoms with E-state index in [2.05, 4.69) is 49.7 Å². The standard InChI is InChI=1S/C26H41N5O4.C7H7BrO.CH2O/c1-27-24-5-3-2-4-21(24)6-11-28-22-7-12-31(13-8-22)26(33)35-20-25(32)30-16-14-29(15-17-30)23-9-18-34-19-10-23;1-5-2-3-7(9)6(8)4-5;1-2/h2-5,22-23,27-28H,6-20H2,1H3;2-4,9H,1H3;1H2. The van der Waals surface area contributed by atoms with Crippen molar-refractivity contribution in [2.24, 2.45) is 0 Å². The van der Waals surface area contributed by atoms with E-state index in [4.69, 9.17) is 19.4 Å². The van der Waals surface area contributed by atoms with E-state index in [9.17, 15) is 9.59 Å². The lowest BCUT2D eigenvalue weighted by molar-refractivity contribution is -0.137. The molecule has 5 rings (SSSR count). The normalized spacial score (nSPS) is 17.6. The van der Waals surface area contributed by atoms with Crippen molar-refractivity contribution in [2.45, 2.75) is 51.1 Å². The van der Waals surface area contributed by atoms with Crippen LogP contribution in [0.5, 0.6) is 5.75 Å². The van der Waals surface area contributed by atoms with Gasteiger partial charge in [-0.1, -0.05) is 24.3 Å². The van der Waals surface area contributed by atoms with Gasteiger partial charge >= 0.3 is 6.09 Å². The predicted molar refractivity (Wildman–Crippen MR) is 183 cm³/mol. The van der Waals surface area contributed by atoms with Gasteiger partial charge in [0, 0.05) is 77.3 Å². The van der Waals surface area contributed by atoms with E-state index in [0.717, 1.165) is 75.0 Å². The number of hydrogen-bond acceptors (Lipinski definition) is 9. The second kappa shape index (κ2) is 20.1. The number of para-hydroxylation sites is 1. The minimum atomic E-state index is -0.374. The molecule has 0 unspecified atom stereocenters. The zero-order chi connectivity index (χ0) is 33.3. The van der Waals surface area contributed by atoms with Crippen LogP contribution >= 0.6 is 15.9 Å². The molecule has 0 aliphatic carbocycles. The third kappa shape index (κ3) is 11.9. The van der Waals surface area contributed by atoms with E-state index < -0.39 is 0 Å². The number of likely N-dealkylation sites (tertiary alicyclic amines) is 1. The van der Waals surface area contributed by atoms with Gasteiger partial charge < -0.3 is 39.8 Å². The molecule has 12 heteroatoms. The number of aromatic hydroxyl groups is 1. The number of nitrogens with one attached hydrogen (secondary N) is 2. The van der Waals surface area contributed by atoms with E-state index in [0.29, 0.717) is 44.0 Å². The molecule has 2 amide bonds. The number of hydrogen-bond donors (Lipinski definition) is 3. The molecule has 0 atom stereocenters. The molecule has 11 nitrogen and oxygen atoms in total. The monoisotopic (exact) mass is 703 g/mol. The number of carbonyl (C=O) groups excluding carboxylic acids is 3. The number of carbonyl (C=O) groups is 3. The van der Waals surface area contributed by atoms with Gasteiger partial charge in [-0.2, -0.15) is 0 Å². The Morgan fingerprint density at radius 3 is 2.28 bits per heavy atom. The molecule has 3 aliphatic heterocycles. The Bertz CT molecular complexity index is 1210. The number of phenols is 1. The summed E-state index contributed by atoms with van der Waals surface area (Å²) in [4.78, 5) is 39.1. The van der Waals surface area contributed by atoms with Crippen molar-refractivity contribution in [1.82, 2.24) is 20.0 Å². The van der Waals surface area contributed by atoms with Crippen LogP contribution in [-0.4, -0.2) is 123 Å². The second-order valence-electron chi connectivity index (χ2n) is 11.6. The van der Waals surface area contributed by atoms with Gasteiger partial charge in [0.1, 0.15) is 12.5 Å². The number of aryl methyl sites for hydroxylation is 1. The SMILES string of the molecule is C=O.CNc1ccccc1CCNC1CCN(C(=O)OCC(=O)N2CCN(C3CCOCC3)CC2)CC1.Cc1ccc(O)c(Br)c1. The van der Waals surface area contributed by atoms with Crippen LogP contribution < -0.4 is 10.6 Å². The molecular formula is C34H50BrN5O6. The first-order valence-electron chi connectivity index (χ1n) is 16.1. The summed E-state index contributed by atoms with van der Waals surface area (Å²) in [6.07, 6.45) is 4.52. The summed E-state index contributed by atoms with van der Waals surface area (Å²) >= 11 is 3.20. The molecule has 3 aliphatic rings. The molecule has 254 valence electrons. The first-order chi connectivity index (χ1) is 22.3. The summed E-state index contributed by atoms with van der Waals surface area (Å²) in [7, 11) is 1.95. The number of ether oxygens (including phenoxy) is 2. The van der Waals surface area contributed by atoms with Gasteiger partial charge in [0.05, 0.1) is 4.47 Å². The fourth-order valence-electron chi connectivity index (χ4n) is 5.96. The highest BCUT2D eigenvalue weighted by Gasteiger charge is 2.29. The van der Waals surface area contributed by atoms with Gasteiger partial charge in [-0.15, -0.1) is 0 Å². The molecule has 0 spiro atoms. The van der Waals surface area contributed by atoms with Gasteiger partial charge in [-0.25, -0.2) is 4.79 Å². The molecule has 2 aromatic carbocycles. The van der Waals surface area contributed by atoms with E-state index >= 15 is 0 Å². The third-order valence-corrected chi connectivity index (χ3v) is 9.30. The van der Waals surface area contributed by atoms with Gasteiger partial charge in [0.25, 0.3) is 5.91 Å². The highest BCUT2D eigenvalue weighted by Crippen LogP contribution is 2.23. The van der Waals surface area contributed by atoms with Crippen LogP contribution in [0.2, 0.25) is 0 Å². The van der Waals surface area contributed by atoms with Gasteiger partial charge in [-0.05, 0) is 90.8 Å². The van der Waals surface area contributed by atoms with Gasteiger partial charge in [0.2, 0.25) is 0 Å². The van der Waals surface area contributed by atoms with Crippen molar-refractivity contribution in [3.8, 4) is 5.75 Å². The highest BCUT2D eigenvalue weighted by molar-refractivity contribution is 9.10. The van der Waals surface area contributed by atoms with E-state index in [1.54, 1.807) is 11.0 Å². The molecule has 46 heavy (non-hydrogen) atoms. The van der Waals surface area contributed by atoms with Gasteiger partial charge in [0.15, 0.2) is 6.61 Å². The topological polar surface area (TPSA) is 124 Å². The van der Waals surface area contributed by atoms with Gasteiger partial charge in [-0.3, -0.25) is 9.69 Å². The van der Waals surface area contributed by atoms with E-state index in [1.165, 1.54) is 11.3 Å². The average Bonchev–Trinajstić information content (AvgIpc) is 3.11. The largest absolute Gasteiger partial charge is 0.507 e. The van der Waals surface area contributed by atoms with Crippen LogP contribution in [0.3, 0.4) is 0 Å². The summed E-state index contributed by atoms with van der Waals surface area (Å²) in [6, 6.07) is 14.7. The molecule has 2 aromatic rings. The van der Waals surface area contributed by atoms with Crippen molar-refractivity contribution in [1.29, 1.82) is 0 Å². The maximum atomic E-state index is 12.6. The Morgan fingerprint density at radius 2 is 1.65 bits per heavy atom. The van der Waals surface area contributed by atoms with Crippen molar-refractivity contribution < 1.29 is 29.0 Å². The number of amides is 2. The Balaban J connectivity index is 0.000000446. The number of piperazine rings is 1. The maximum absolute atomic E-state index is 12.6. The lowest BCUT2D eigenvalue weighted by Gasteiger charge is -2.40. The van der Waals surface area contributed by atoms with Crippen molar-refractivity contribution in [3.63, 3.8) is 0 Å². The van der Waals surface area contributed by atoms with Crippen molar-refractivity contribution >= 4 is 40.4 Å². The molecule has 0 bridgehead atoms. The summed E-state index contributed by atoms with van der Waals surface area (Å²) in [5.41, 5.74) is 3.61. The number of benzene rings is 2. The molecule has 3 saturated heterocycles. The Morgan fingerprint density at radius 1 is 0.978 bits per heavy atom. The number of rotatable bonds is 8. The van der Waals surface area contributed by atoms with Crippen LogP contribution in [0.15, 0.2) is 46.9 Å². The fraction of sp³-hybridized carbons (Fsp3) is 0.559. The number of piperidine rings is 1. The van der Waals surface area contributed by atoms with E-state index in [1.807, 2.05) is 43.9 Å². The second-order valence-corrected chi connectivity index (χ2v) is 12.5. The fourth-order valence-corrected chi connectivity index (χ4v) is 6.46. The smallest absolute Gasteiger partial charge is 0.410 e. The molecule has 0 aromatic heterocycles. The lowest BCUT2D eigenvalue weighted by Crippen LogP contribution is -2.54. The Kier molecular flexibility index (Phi) is 16.3. The molecule has 3 heterocycles. The minimum Gasteiger partial charge on any atom is -0.507 e. The van der Waals surface area contributed by atoms with Crippen molar-refractivity contribution in [3.05, 3.63) is 58.1 Å². The number of nitrogens with zero attached hydrogens (tertiary/aromatic N) is 3.